The molecule has 1 aromatic rings. The smallest absolute Gasteiger partial charge is 0.422 e. The molecule has 7 heteroatoms. The van der Waals surface area contributed by atoms with E-state index in [0.717, 1.165) is 38.5 Å². The minimum absolute atomic E-state index is 0.168. The van der Waals surface area contributed by atoms with Crippen molar-refractivity contribution in [3.05, 3.63) is 17.8 Å². The fourth-order valence-corrected chi connectivity index (χ4v) is 3.69. The number of nitrogens with zero attached hydrogens (tertiary/aromatic N) is 1. The van der Waals surface area contributed by atoms with Gasteiger partial charge in [-0.15, -0.1) is 0 Å². The summed E-state index contributed by atoms with van der Waals surface area (Å²) >= 11 is 0. The number of aromatic nitrogens is 1. The lowest BCUT2D eigenvalue weighted by molar-refractivity contribution is -0.154. The second-order valence-corrected chi connectivity index (χ2v) is 8.87. The molecule has 33 heavy (non-hydrogen) atoms. The van der Waals surface area contributed by atoms with Gasteiger partial charge in [0.15, 0.2) is 12.4 Å². The Morgan fingerprint density at radius 3 is 1.94 bits per heavy atom. The lowest BCUT2D eigenvalue weighted by Gasteiger charge is -2.16. The monoisotopic (exact) mass is 475 g/mol. The van der Waals surface area contributed by atoms with Crippen LogP contribution in [0.25, 0.3) is 0 Å². The van der Waals surface area contributed by atoms with Crippen LogP contribution in [0.4, 0.5) is 13.2 Å². The highest BCUT2D eigenvalue weighted by atomic mass is 19.4. The molecular weight excluding hydrogens is 431 g/mol. The quantitative estimate of drug-likeness (QED) is 0.193. The number of pyridine rings is 1. The summed E-state index contributed by atoms with van der Waals surface area (Å²) in [5.41, 5.74) is 0.550. The number of halogens is 3. The summed E-state index contributed by atoms with van der Waals surface area (Å²) in [7, 11) is 0. The van der Waals surface area contributed by atoms with Crippen molar-refractivity contribution in [1.82, 2.24) is 4.98 Å². The molecule has 1 unspecified atom stereocenters. The van der Waals surface area contributed by atoms with E-state index in [2.05, 4.69) is 18.8 Å². The average Bonchev–Trinajstić information content (AvgIpc) is 2.78. The molecule has 1 rings (SSSR count). The maximum atomic E-state index is 12.6. The fraction of sp³-hybridized carbons (Fsp3) is 0.808. The van der Waals surface area contributed by atoms with Crippen LogP contribution in [0.1, 0.15) is 122 Å². The van der Waals surface area contributed by atoms with Crippen LogP contribution in [-0.4, -0.2) is 29.5 Å². The van der Waals surface area contributed by atoms with Crippen LogP contribution in [-0.2, 0) is 0 Å². The van der Waals surface area contributed by atoms with Gasteiger partial charge in [-0.1, -0.05) is 97.3 Å². The van der Waals surface area contributed by atoms with Crippen molar-refractivity contribution in [1.29, 1.82) is 0 Å². The number of ether oxygens (including phenoxy) is 2. The molecule has 0 bridgehead atoms. The van der Waals surface area contributed by atoms with Gasteiger partial charge in [0.1, 0.15) is 0 Å². The molecule has 0 spiro atoms. The Morgan fingerprint density at radius 1 is 0.818 bits per heavy atom. The molecule has 0 aliphatic rings. The third kappa shape index (κ3) is 15.1. The lowest BCUT2D eigenvalue weighted by Crippen LogP contribution is -2.20. The van der Waals surface area contributed by atoms with Gasteiger partial charge in [0.2, 0.25) is 0 Å². The molecule has 0 saturated heterocycles. The Balaban J connectivity index is 2.55. The highest BCUT2D eigenvalue weighted by Crippen LogP contribution is 2.31. The van der Waals surface area contributed by atoms with E-state index >= 15 is 0 Å². The zero-order valence-electron chi connectivity index (χ0n) is 20.6. The van der Waals surface area contributed by atoms with Crippen LogP contribution in [0.3, 0.4) is 0 Å². The molecule has 0 saturated carbocycles. The van der Waals surface area contributed by atoms with Gasteiger partial charge in [0.05, 0.1) is 12.7 Å². The van der Waals surface area contributed by atoms with Crippen LogP contribution < -0.4 is 9.47 Å². The van der Waals surface area contributed by atoms with E-state index in [1.54, 1.807) is 6.07 Å². The molecule has 0 fully saturated rings. The SMILES string of the molecule is CCCCCCCCCCOc1cc(C(O)CCCCCCCC)cnc1OCC(F)(F)F. The summed E-state index contributed by atoms with van der Waals surface area (Å²) in [6, 6.07) is 1.57. The predicted molar refractivity (Wildman–Crippen MR) is 127 cm³/mol. The molecule has 4 nitrogen and oxygen atoms in total. The van der Waals surface area contributed by atoms with Crippen molar-refractivity contribution in [2.24, 2.45) is 0 Å². The van der Waals surface area contributed by atoms with Crippen LogP contribution in [0, 0.1) is 0 Å². The Kier molecular flexibility index (Phi) is 16.0. The third-order valence-electron chi connectivity index (χ3n) is 5.68. The largest absolute Gasteiger partial charge is 0.488 e. The Labute approximate surface area is 198 Å². The average molecular weight is 476 g/mol. The normalized spacial score (nSPS) is 12.7. The highest BCUT2D eigenvalue weighted by Gasteiger charge is 2.29. The number of rotatable bonds is 20. The lowest BCUT2D eigenvalue weighted by atomic mass is 10.0. The third-order valence-corrected chi connectivity index (χ3v) is 5.68. The Bertz CT molecular complexity index is 611. The van der Waals surface area contributed by atoms with Gasteiger partial charge in [-0.2, -0.15) is 13.2 Å². The molecule has 0 aliphatic heterocycles. The van der Waals surface area contributed by atoms with Crippen molar-refractivity contribution < 1.29 is 27.8 Å². The number of aliphatic hydroxyl groups excluding tert-OH is 1. The Morgan fingerprint density at radius 2 is 1.36 bits per heavy atom. The van der Waals surface area contributed by atoms with E-state index in [-0.39, 0.29) is 11.6 Å². The van der Waals surface area contributed by atoms with Gasteiger partial charge in [-0.25, -0.2) is 4.98 Å². The summed E-state index contributed by atoms with van der Waals surface area (Å²) < 4.78 is 48.4. The first kappa shape index (κ1) is 29.5. The van der Waals surface area contributed by atoms with Gasteiger partial charge >= 0.3 is 6.18 Å². The molecule has 0 aliphatic carbocycles. The number of unbranched alkanes of at least 4 members (excludes halogenated alkanes) is 12. The van der Waals surface area contributed by atoms with Crippen molar-refractivity contribution in [2.75, 3.05) is 13.2 Å². The van der Waals surface area contributed by atoms with Gasteiger partial charge in [0, 0.05) is 11.8 Å². The van der Waals surface area contributed by atoms with E-state index in [0.29, 0.717) is 18.6 Å². The zero-order chi connectivity index (χ0) is 24.4. The number of hydrogen-bond donors (Lipinski definition) is 1. The highest BCUT2D eigenvalue weighted by molar-refractivity contribution is 5.37. The van der Waals surface area contributed by atoms with E-state index in [1.165, 1.54) is 57.6 Å². The van der Waals surface area contributed by atoms with E-state index in [1.807, 2.05) is 0 Å². The number of hydrogen-bond acceptors (Lipinski definition) is 4. The summed E-state index contributed by atoms with van der Waals surface area (Å²) in [5, 5.41) is 10.5. The molecular formula is C26H44F3NO3. The second-order valence-electron chi connectivity index (χ2n) is 8.87. The molecule has 0 radical (unpaired) electrons. The zero-order valence-corrected chi connectivity index (χ0v) is 20.6. The fourth-order valence-electron chi connectivity index (χ4n) is 3.69. The van der Waals surface area contributed by atoms with Crippen molar-refractivity contribution >= 4 is 0 Å². The second kappa shape index (κ2) is 17.9. The predicted octanol–water partition coefficient (Wildman–Crippen LogP) is 8.33. The topological polar surface area (TPSA) is 51.6 Å². The number of aliphatic hydroxyl groups is 1. The van der Waals surface area contributed by atoms with Crippen LogP contribution in [0.2, 0.25) is 0 Å². The molecule has 1 aromatic heterocycles. The first-order chi connectivity index (χ1) is 15.9. The van der Waals surface area contributed by atoms with Crippen molar-refractivity contribution in [2.45, 2.75) is 122 Å². The standard InChI is InChI=1S/C26H44F3NO3/c1-3-5-7-9-11-12-14-16-18-32-24-19-22(20-30-25(24)33-21-26(27,28)29)23(31)17-15-13-10-8-6-4-2/h19-20,23,31H,3-18,21H2,1-2H3. The van der Waals surface area contributed by atoms with Crippen molar-refractivity contribution in [3.8, 4) is 11.6 Å². The summed E-state index contributed by atoms with van der Waals surface area (Å²) in [5.74, 6) is -0.0101. The summed E-state index contributed by atoms with van der Waals surface area (Å²) in [4.78, 5) is 4.02. The molecule has 0 aromatic carbocycles. The maximum Gasteiger partial charge on any atom is 0.422 e. The van der Waals surface area contributed by atoms with Crippen LogP contribution in [0.15, 0.2) is 12.3 Å². The summed E-state index contributed by atoms with van der Waals surface area (Å²) in [6.07, 6.45) is 12.7. The first-order valence-electron chi connectivity index (χ1n) is 12.9. The van der Waals surface area contributed by atoms with Crippen LogP contribution in [0.5, 0.6) is 11.6 Å². The van der Waals surface area contributed by atoms with E-state index in [9.17, 15) is 18.3 Å². The first-order valence-corrected chi connectivity index (χ1v) is 12.9. The molecule has 1 atom stereocenters. The molecule has 192 valence electrons. The molecule has 0 amide bonds. The van der Waals surface area contributed by atoms with E-state index in [4.69, 9.17) is 9.47 Å². The van der Waals surface area contributed by atoms with E-state index < -0.39 is 18.9 Å². The molecule has 1 heterocycles. The van der Waals surface area contributed by atoms with Crippen LogP contribution >= 0.6 is 0 Å². The minimum atomic E-state index is -4.45. The minimum Gasteiger partial charge on any atom is -0.488 e. The number of alkyl halides is 3. The summed E-state index contributed by atoms with van der Waals surface area (Å²) in [6.45, 7) is 3.33. The maximum absolute atomic E-state index is 12.6. The Hall–Kier alpha value is -1.50. The van der Waals surface area contributed by atoms with Gasteiger partial charge in [-0.05, 0) is 18.9 Å². The van der Waals surface area contributed by atoms with Gasteiger partial charge in [-0.3, -0.25) is 0 Å². The molecule has 1 N–H and O–H groups in total. The van der Waals surface area contributed by atoms with Gasteiger partial charge < -0.3 is 14.6 Å². The van der Waals surface area contributed by atoms with Gasteiger partial charge in [0.25, 0.3) is 5.88 Å². The van der Waals surface area contributed by atoms with Crippen molar-refractivity contribution in [3.63, 3.8) is 0 Å².